The van der Waals surface area contributed by atoms with Crippen molar-refractivity contribution in [2.45, 2.75) is 19.6 Å². The molecule has 0 N–H and O–H groups in total. The third-order valence-corrected chi connectivity index (χ3v) is 2.60. The predicted molar refractivity (Wildman–Crippen MR) is 63.9 cm³/mol. The number of rotatable bonds is 3. The maximum atomic E-state index is 5.14. The molecule has 0 aliphatic carbocycles. The third-order valence-electron chi connectivity index (χ3n) is 1.69. The van der Waals surface area contributed by atoms with Gasteiger partial charge in [-0.2, -0.15) is 0 Å². The second kappa shape index (κ2) is 4.42. The SMILES string of the molecule is COc1cccc(/C=N/[Si](C)(C)C)c1. The Bertz CT molecular complexity index is 328. The highest BCUT2D eigenvalue weighted by atomic mass is 28.3. The summed E-state index contributed by atoms with van der Waals surface area (Å²) in [4.78, 5) is 0. The molecule has 0 radical (unpaired) electrons. The molecular weight excluding hydrogens is 190 g/mol. The Hall–Kier alpha value is -1.09. The number of hydrogen-bond acceptors (Lipinski definition) is 2. The molecule has 0 amide bonds. The number of methoxy groups -OCH3 is 1. The maximum Gasteiger partial charge on any atom is 0.172 e. The van der Waals surface area contributed by atoms with Crippen LogP contribution in [0.1, 0.15) is 5.56 Å². The van der Waals surface area contributed by atoms with Crippen molar-refractivity contribution in [1.29, 1.82) is 0 Å². The number of ether oxygens (including phenoxy) is 1. The van der Waals surface area contributed by atoms with Crippen molar-refractivity contribution in [3.05, 3.63) is 29.8 Å². The lowest BCUT2D eigenvalue weighted by Gasteiger charge is -2.07. The van der Waals surface area contributed by atoms with Crippen LogP contribution in [0.2, 0.25) is 19.6 Å². The van der Waals surface area contributed by atoms with Crippen LogP contribution in [0.15, 0.2) is 28.9 Å². The molecule has 1 rings (SSSR count). The van der Waals surface area contributed by atoms with Gasteiger partial charge < -0.3 is 9.39 Å². The Morgan fingerprint density at radius 2 is 2.00 bits per heavy atom. The van der Waals surface area contributed by atoms with Crippen molar-refractivity contribution in [2.24, 2.45) is 4.66 Å². The molecule has 0 aliphatic heterocycles. The monoisotopic (exact) mass is 207 g/mol. The summed E-state index contributed by atoms with van der Waals surface area (Å²) in [6.45, 7) is 6.64. The van der Waals surface area contributed by atoms with Gasteiger partial charge in [-0.05, 0) is 37.3 Å². The normalized spacial score (nSPS) is 12.0. The van der Waals surface area contributed by atoms with Crippen LogP contribution in [0.5, 0.6) is 5.75 Å². The molecule has 1 aromatic rings. The van der Waals surface area contributed by atoms with Crippen LogP contribution < -0.4 is 4.74 Å². The van der Waals surface area contributed by atoms with Crippen molar-refractivity contribution in [1.82, 2.24) is 0 Å². The van der Waals surface area contributed by atoms with Gasteiger partial charge in [0.15, 0.2) is 8.24 Å². The number of hydrogen-bond donors (Lipinski definition) is 0. The van der Waals surface area contributed by atoms with E-state index >= 15 is 0 Å². The molecule has 0 saturated heterocycles. The highest BCUT2D eigenvalue weighted by molar-refractivity contribution is 6.75. The van der Waals surface area contributed by atoms with E-state index in [9.17, 15) is 0 Å². The van der Waals surface area contributed by atoms with Crippen molar-refractivity contribution in [3.8, 4) is 5.75 Å². The quantitative estimate of drug-likeness (QED) is 0.551. The molecule has 0 atom stereocenters. The van der Waals surface area contributed by atoms with Crippen LogP contribution in [0.3, 0.4) is 0 Å². The van der Waals surface area contributed by atoms with Crippen molar-refractivity contribution >= 4 is 14.5 Å². The van der Waals surface area contributed by atoms with Gasteiger partial charge in [0.25, 0.3) is 0 Å². The van der Waals surface area contributed by atoms with Gasteiger partial charge >= 0.3 is 0 Å². The highest BCUT2D eigenvalue weighted by Gasteiger charge is 2.08. The van der Waals surface area contributed by atoms with Gasteiger partial charge in [-0.1, -0.05) is 12.1 Å². The van der Waals surface area contributed by atoms with Crippen molar-refractivity contribution < 1.29 is 4.74 Å². The summed E-state index contributed by atoms with van der Waals surface area (Å²) in [5, 5.41) is 0. The first-order chi connectivity index (χ1) is 6.51. The summed E-state index contributed by atoms with van der Waals surface area (Å²) in [5.74, 6) is 0.879. The molecule has 1 aromatic carbocycles. The van der Waals surface area contributed by atoms with E-state index in [1.165, 1.54) is 0 Å². The Balaban J connectivity index is 2.82. The van der Waals surface area contributed by atoms with E-state index in [-0.39, 0.29) is 0 Å². The summed E-state index contributed by atoms with van der Waals surface area (Å²) in [6, 6.07) is 7.94. The average molecular weight is 207 g/mol. The van der Waals surface area contributed by atoms with Gasteiger partial charge in [0.05, 0.1) is 7.11 Å². The largest absolute Gasteiger partial charge is 0.497 e. The molecule has 0 aliphatic rings. The first-order valence-electron chi connectivity index (χ1n) is 4.70. The van der Waals surface area contributed by atoms with Crippen molar-refractivity contribution in [2.75, 3.05) is 7.11 Å². The Morgan fingerprint density at radius 1 is 1.29 bits per heavy atom. The van der Waals surface area contributed by atoms with E-state index in [0.29, 0.717) is 0 Å². The summed E-state index contributed by atoms with van der Waals surface area (Å²) < 4.78 is 9.70. The zero-order valence-corrected chi connectivity index (χ0v) is 10.2. The molecule has 0 spiro atoms. The highest BCUT2D eigenvalue weighted by Crippen LogP contribution is 2.11. The molecule has 3 heteroatoms. The minimum Gasteiger partial charge on any atom is -0.497 e. The van der Waals surface area contributed by atoms with E-state index in [1.54, 1.807) is 7.11 Å². The lowest BCUT2D eigenvalue weighted by Crippen LogP contribution is -2.16. The van der Waals surface area contributed by atoms with Gasteiger partial charge in [-0.3, -0.25) is 0 Å². The smallest absolute Gasteiger partial charge is 0.172 e. The van der Waals surface area contributed by atoms with E-state index in [4.69, 9.17) is 4.74 Å². The zero-order valence-electron chi connectivity index (χ0n) is 9.24. The minimum atomic E-state index is -1.34. The molecule has 0 aromatic heterocycles. The average Bonchev–Trinajstić information content (AvgIpc) is 2.14. The standard InChI is InChI=1S/C11H17NOSi/c1-13-11-7-5-6-10(8-11)9-12-14(2,3)4/h5-9H,1-4H3/b12-9+. The Labute approximate surface area is 86.7 Å². The zero-order chi connectivity index (χ0) is 10.6. The van der Waals surface area contributed by atoms with Gasteiger partial charge in [0.1, 0.15) is 5.75 Å². The molecule has 0 unspecified atom stereocenters. The van der Waals surface area contributed by atoms with Gasteiger partial charge in [-0.25, -0.2) is 0 Å². The third kappa shape index (κ3) is 3.74. The predicted octanol–water partition coefficient (Wildman–Crippen LogP) is 2.95. The van der Waals surface area contributed by atoms with Crippen LogP contribution >= 0.6 is 0 Å². The van der Waals surface area contributed by atoms with Crippen LogP contribution in [-0.2, 0) is 0 Å². The van der Waals surface area contributed by atoms with Crippen LogP contribution in [0.4, 0.5) is 0 Å². The van der Waals surface area contributed by atoms with Crippen LogP contribution in [0, 0.1) is 0 Å². The fourth-order valence-electron chi connectivity index (χ4n) is 0.990. The topological polar surface area (TPSA) is 21.6 Å². The van der Waals surface area contributed by atoms with Crippen LogP contribution in [0.25, 0.3) is 0 Å². The molecule has 0 saturated carbocycles. The molecule has 0 bridgehead atoms. The summed E-state index contributed by atoms with van der Waals surface area (Å²) >= 11 is 0. The fourth-order valence-corrected chi connectivity index (χ4v) is 1.53. The molecule has 76 valence electrons. The van der Waals surface area contributed by atoms with Gasteiger partial charge in [0.2, 0.25) is 0 Å². The Morgan fingerprint density at radius 3 is 2.57 bits per heavy atom. The summed E-state index contributed by atoms with van der Waals surface area (Å²) in [6.07, 6.45) is 1.94. The van der Waals surface area contributed by atoms with E-state index in [1.807, 2.05) is 30.5 Å². The first kappa shape index (κ1) is 11.0. The Kier molecular flexibility index (Phi) is 3.47. The number of benzene rings is 1. The summed E-state index contributed by atoms with van der Waals surface area (Å²) in [7, 11) is 0.336. The molecule has 0 fully saturated rings. The van der Waals surface area contributed by atoms with E-state index in [0.717, 1.165) is 11.3 Å². The second-order valence-corrected chi connectivity index (χ2v) is 8.81. The fraction of sp³-hybridized carbons (Fsp3) is 0.364. The molecular formula is C11H17NOSi. The molecule has 0 heterocycles. The second-order valence-electron chi connectivity index (χ2n) is 4.21. The van der Waals surface area contributed by atoms with Gasteiger partial charge in [0, 0.05) is 6.21 Å². The van der Waals surface area contributed by atoms with Crippen LogP contribution in [-0.4, -0.2) is 21.6 Å². The lowest BCUT2D eigenvalue weighted by atomic mass is 10.2. The first-order valence-corrected chi connectivity index (χ1v) is 8.15. The van der Waals surface area contributed by atoms with Gasteiger partial charge in [-0.15, -0.1) is 0 Å². The number of nitrogens with zero attached hydrogens (tertiary/aromatic N) is 1. The minimum absolute atomic E-state index is 0.879. The van der Waals surface area contributed by atoms with Crippen molar-refractivity contribution in [3.63, 3.8) is 0 Å². The molecule has 2 nitrogen and oxygen atoms in total. The lowest BCUT2D eigenvalue weighted by molar-refractivity contribution is 0.415. The van der Waals surface area contributed by atoms with E-state index < -0.39 is 8.24 Å². The maximum absolute atomic E-state index is 5.14. The molecule has 14 heavy (non-hydrogen) atoms. The summed E-state index contributed by atoms with van der Waals surface area (Å²) in [5.41, 5.74) is 1.10. The van der Waals surface area contributed by atoms with E-state index in [2.05, 4.69) is 24.3 Å².